The number of carbonyl (C=O) groups excluding carboxylic acids is 1. The molecule has 1 fully saturated rings. The van der Waals surface area contributed by atoms with E-state index in [-0.39, 0.29) is 24.3 Å². The summed E-state index contributed by atoms with van der Waals surface area (Å²) in [5.74, 6) is 0. The Morgan fingerprint density at radius 3 is 2.52 bits per heavy atom. The molecule has 29 heavy (non-hydrogen) atoms. The summed E-state index contributed by atoms with van der Waals surface area (Å²) in [6, 6.07) is 6.03. The predicted octanol–water partition coefficient (Wildman–Crippen LogP) is 3.89. The Hall–Kier alpha value is -1.20. The zero-order valence-corrected chi connectivity index (χ0v) is 19.3. The number of hydrogen-bond acceptors (Lipinski definition) is 7. The fraction of sp³-hybridized carbons (Fsp3) is 0.632. The summed E-state index contributed by atoms with van der Waals surface area (Å²) in [5.41, 5.74) is -0.729. The first-order valence-corrected chi connectivity index (χ1v) is 11.6. The molecular formula is C19H28BrNO7S. The number of nitrogens with zero attached hydrogens (tertiary/aromatic N) is 1. The Bertz CT molecular complexity index is 756. The smallest absolute Gasteiger partial charge is 0.412 e. The topological polar surface area (TPSA) is 91.4 Å². The van der Waals surface area contributed by atoms with Gasteiger partial charge in [0.05, 0.1) is 11.5 Å². The van der Waals surface area contributed by atoms with Crippen molar-refractivity contribution in [1.82, 2.24) is 4.90 Å². The Balaban J connectivity index is 1.97. The molecule has 1 saturated heterocycles. The number of rotatable bonds is 8. The van der Waals surface area contributed by atoms with Crippen LogP contribution in [0.25, 0.3) is 0 Å². The van der Waals surface area contributed by atoms with Gasteiger partial charge in [-0.2, -0.15) is 8.42 Å². The molecule has 1 atom stereocenters. The highest BCUT2D eigenvalue weighted by atomic mass is 79.9. The molecule has 1 unspecified atom stereocenters. The maximum Gasteiger partial charge on any atom is 0.412 e. The van der Waals surface area contributed by atoms with Gasteiger partial charge < -0.3 is 14.2 Å². The monoisotopic (exact) mass is 493 g/mol. The molecule has 8 nitrogen and oxygen atoms in total. The lowest BCUT2D eigenvalue weighted by atomic mass is 10.2. The third kappa shape index (κ3) is 8.59. The quantitative estimate of drug-likeness (QED) is 0.400. The normalized spacial score (nSPS) is 17.7. The summed E-state index contributed by atoms with van der Waals surface area (Å²) >= 11 is 3.25. The third-order valence-corrected chi connectivity index (χ3v) is 5.71. The summed E-state index contributed by atoms with van der Waals surface area (Å²) in [7, 11) is -4.03. The van der Waals surface area contributed by atoms with Crippen molar-refractivity contribution in [2.24, 2.45) is 0 Å². The van der Waals surface area contributed by atoms with Crippen molar-refractivity contribution in [3.8, 4) is 0 Å². The van der Waals surface area contributed by atoms with Crippen molar-refractivity contribution >= 4 is 32.1 Å². The van der Waals surface area contributed by atoms with Gasteiger partial charge in [-0.1, -0.05) is 15.9 Å². The van der Waals surface area contributed by atoms with E-state index in [1.165, 1.54) is 12.1 Å². The van der Waals surface area contributed by atoms with E-state index in [4.69, 9.17) is 18.4 Å². The van der Waals surface area contributed by atoms with E-state index >= 15 is 0 Å². The summed E-state index contributed by atoms with van der Waals surface area (Å²) < 4.78 is 47.1. The van der Waals surface area contributed by atoms with Crippen molar-refractivity contribution in [2.75, 3.05) is 26.5 Å². The maximum atomic E-state index is 12.5. The van der Waals surface area contributed by atoms with Crippen molar-refractivity contribution in [1.29, 1.82) is 0 Å². The van der Waals surface area contributed by atoms with Crippen LogP contribution in [-0.4, -0.2) is 57.8 Å². The molecule has 0 aliphatic carbocycles. The molecule has 164 valence electrons. The minimum atomic E-state index is -4.03. The number of ether oxygens (including phenoxy) is 3. The molecule has 1 aliphatic rings. The van der Waals surface area contributed by atoms with Crippen molar-refractivity contribution in [3.63, 3.8) is 0 Å². The Morgan fingerprint density at radius 2 is 1.93 bits per heavy atom. The number of halogens is 1. The second-order valence-corrected chi connectivity index (χ2v) is 10.1. The van der Waals surface area contributed by atoms with Gasteiger partial charge in [-0.3, -0.25) is 4.90 Å². The van der Waals surface area contributed by atoms with Crippen molar-refractivity contribution in [3.05, 3.63) is 28.7 Å². The van der Waals surface area contributed by atoms with E-state index in [2.05, 4.69) is 15.9 Å². The Labute approximate surface area is 180 Å². The van der Waals surface area contributed by atoms with Gasteiger partial charge in [-0.15, -0.1) is 0 Å². The van der Waals surface area contributed by atoms with Gasteiger partial charge in [0.15, 0.2) is 6.29 Å². The van der Waals surface area contributed by atoms with Crippen LogP contribution in [0.5, 0.6) is 0 Å². The lowest BCUT2D eigenvalue weighted by Crippen LogP contribution is -2.41. The third-order valence-electron chi connectivity index (χ3n) is 3.92. The van der Waals surface area contributed by atoms with Crippen LogP contribution in [0.1, 0.15) is 40.0 Å². The summed E-state index contributed by atoms with van der Waals surface area (Å²) in [4.78, 5) is 13.6. The van der Waals surface area contributed by atoms with Crippen LogP contribution in [0.3, 0.4) is 0 Å². The second-order valence-electron chi connectivity index (χ2n) is 7.57. The lowest BCUT2D eigenvalue weighted by Gasteiger charge is -2.28. The molecule has 0 N–H and O–H groups in total. The number of hydrogen-bond donors (Lipinski definition) is 0. The molecule has 0 spiro atoms. The number of carbonyl (C=O) groups is 1. The van der Waals surface area contributed by atoms with Gasteiger partial charge in [0.25, 0.3) is 10.1 Å². The minimum Gasteiger partial charge on any atom is -0.444 e. The Morgan fingerprint density at radius 1 is 1.24 bits per heavy atom. The SMILES string of the molecule is CC(C)(C)OC(=O)N(CCOC1CCCCO1)COS(=O)(=O)c1ccc(Br)cc1. The number of benzene rings is 1. The van der Waals surface area contributed by atoms with Gasteiger partial charge in [0, 0.05) is 17.6 Å². The minimum absolute atomic E-state index is 0.00306. The molecule has 2 rings (SSSR count). The van der Waals surface area contributed by atoms with Crippen molar-refractivity contribution in [2.45, 2.75) is 56.8 Å². The molecule has 0 radical (unpaired) electrons. The zero-order valence-electron chi connectivity index (χ0n) is 16.9. The van der Waals surface area contributed by atoms with Crippen LogP contribution >= 0.6 is 15.9 Å². The lowest BCUT2D eigenvalue weighted by molar-refractivity contribution is -0.164. The van der Waals surface area contributed by atoms with Crippen LogP contribution in [0, 0.1) is 0 Å². The van der Waals surface area contributed by atoms with Crippen LogP contribution in [0.4, 0.5) is 4.79 Å². The molecular weight excluding hydrogens is 466 g/mol. The van der Waals surface area contributed by atoms with Gasteiger partial charge in [-0.05, 0) is 64.3 Å². The first-order valence-electron chi connectivity index (χ1n) is 9.43. The van der Waals surface area contributed by atoms with Gasteiger partial charge in [0.1, 0.15) is 12.3 Å². The van der Waals surface area contributed by atoms with E-state index in [0.29, 0.717) is 6.61 Å². The van der Waals surface area contributed by atoms with Crippen molar-refractivity contribution < 1.29 is 31.6 Å². The van der Waals surface area contributed by atoms with Gasteiger partial charge in [0.2, 0.25) is 0 Å². The fourth-order valence-electron chi connectivity index (χ4n) is 2.47. The summed E-state index contributed by atoms with van der Waals surface area (Å²) in [6.45, 7) is 5.63. The molecule has 0 saturated carbocycles. The summed E-state index contributed by atoms with van der Waals surface area (Å²) in [5, 5.41) is 0. The highest BCUT2D eigenvalue weighted by Gasteiger charge is 2.25. The molecule has 0 aromatic heterocycles. The molecule has 0 bridgehead atoms. The molecule has 1 aromatic rings. The average molecular weight is 494 g/mol. The highest BCUT2D eigenvalue weighted by Crippen LogP contribution is 2.18. The predicted molar refractivity (Wildman–Crippen MR) is 110 cm³/mol. The van der Waals surface area contributed by atoms with E-state index in [1.54, 1.807) is 32.9 Å². The Kier molecular flexibility index (Phi) is 8.90. The molecule has 1 aromatic carbocycles. The maximum absolute atomic E-state index is 12.5. The molecule has 1 amide bonds. The van der Waals surface area contributed by atoms with Gasteiger partial charge >= 0.3 is 6.09 Å². The van der Waals surface area contributed by atoms with Crippen LogP contribution in [0.15, 0.2) is 33.6 Å². The van der Waals surface area contributed by atoms with Crippen LogP contribution < -0.4 is 0 Å². The zero-order chi connectivity index (χ0) is 21.5. The number of amides is 1. The molecule has 10 heteroatoms. The fourth-order valence-corrected chi connectivity index (χ4v) is 3.61. The highest BCUT2D eigenvalue weighted by molar-refractivity contribution is 9.10. The second kappa shape index (κ2) is 10.7. The first kappa shape index (κ1) is 24.1. The van der Waals surface area contributed by atoms with E-state index in [1.807, 2.05) is 0 Å². The largest absolute Gasteiger partial charge is 0.444 e. The average Bonchev–Trinajstić information content (AvgIpc) is 2.64. The van der Waals surface area contributed by atoms with E-state index in [0.717, 1.165) is 28.6 Å². The van der Waals surface area contributed by atoms with Crippen LogP contribution in [0.2, 0.25) is 0 Å². The standard InChI is InChI=1S/C19H28BrNO7S/c1-19(2,3)28-18(22)21(11-13-26-17-6-4-5-12-25-17)14-27-29(23,24)16-9-7-15(20)8-10-16/h7-10,17H,4-6,11-14H2,1-3H3. The van der Waals surface area contributed by atoms with Gasteiger partial charge in [-0.25, -0.2) is 8.98 Å². The van der Waals surface area contributed by atoms with Crippen LogP contribution in [-0.2, 0) is 28.5 Å². The first-order chi connectivity index (χ1) is 13.6. The summed E-state index contributed by atoms with van der Waals surface area (Å²) in [6.07, 6.45) is 1.83. The molecule has 1 heterocycles. The van der Waals surface area contributed by atoms with E-state index < -0.39 is 28.5 Å². The molecule has 1 aliphatic heterocycles. The van der Waals surface area contributed by atoms with E-state index in [9.17, 15) is 13.2 Å².